The van der Waals surface area contributed by atoms with E-state index in [0.717, 1.165) is 0 Å². The first-order valence-electron chi connectivity index (χ1n) is 4.02. The third kappa shape index (κ3) is 2.02. The third-order valence-corrected chi connectivity index (χ3v) is 2.57. The van der Waals surface area contributed by atoms with Gasteiger partial charge in [-0.05, 0) is 23.0 Å². The van der Waals surface area contributed by atoms with Crippen LogP contribution in [-0.2, 0) is 0 Å². The second kappa shape index (κ2) is 4.09. The maximum atomic E-state index is 2.77. The lowest BCUT2D eigenvalue weighted by Crippen LogP contribution is -1.91. The number of rotatable bonds is 0. The summed E-state index contributed by atoms with van der Waals surface area (Å²) >= 11 is 0. The molecule has 2 rings (SSSR count). The third-order valence-electron chi connectivity index (χ3n) is 2.07. The molecule has 0 N–H and O–H groups in total. The number of hydrogen-bond donors (Lipinski definition) is 0. The van der Waals surface area contributed by atoms with E-state index in [1.807, 2.05) is 0 Å². The van der Waals surface area contributed by atoms with Crippen LogP contribution in [0.15, 0.2) is 36.4 Å². The summed E-state index contributed by atoms with van der Waals surface area (Å²) < 4.78 is 0. The predicted octanol–water partition coefficient (Wildman–Crippen LogP) is 3.07. The molecule has 0 spiro atoms. The van der Waals surface area contributed by atoms with Gasteiger partial charge in [0.1, 0.15) is 0 Å². The second-order valence-electron chi connectivity index (χ2n) is 3.07. The van der Waals surface area contributed by atoms with Crippen molar-refractivity contribution in [2.75, 3.05) is 0 Å². The van der Waals surface area contributed by atoms with E-state index >= 15 is 0 Å². The van der Waals surface area contributed by atoms with Gasteiger partial charge in [-0.15, -0.1) is 21.6 Å². The number of aryl methyl sites for hydroxylation is 1. The molecule has 0 aliphatic heterocycles. The molecule has 0 radical (unpaired) electrons. The summed E-state index contributed by atoms with van der Waals surface area (Å²) in [5.74, 6) is 0. The van der Waals surface area contributed by atoms with Gasteiger partial charge in [-0.1, -0.05) is 42.0 Å². The van der Waals surface area contributed by atoms with E-state index in [2.05, 4.69) is 52.6 Å². The van der Waals surface area contributed by atoms with E-state index in [1.54, 1.807) is 0 Å². The minimum absolute atomic E-state index is 0. The average molecular weight is 211 g/mol. The highest BCUT2D eigenvalue weighted by molar-refractivity contribution is 7.28. The maximum absolute atomic E-state index is 2.77. The minimum atomic E-state index is 0. The highest BCUT2D eigenvalue weighted by atomic mass is 35.5. The topological polar surface area (TPSA) is 0 Å². The summed E-state index contributed by atoms with van der Waals surface area (Å²) in [7, 11) is 2.77. The van der Waals surface area contributed by atoms with E-state index in [1.165, 1.54) is 21.6 Å². The van der Waals surface area contributed by atoms with Crippen LogP contribution in [0.4, 0.5) is 0 Å². The van der Waals surface area contributed by atoms with Gasteiger partial charge in [-0.25, -0.2) is 0 Å². The Morgan fingerprint density at radius 1 is 1.08 bits per heavy atom. The molecule has 2 heteroatoms. The van der Waals surface area contributed by atoms with E-state index in [-0.39, 0.29) is 12.4 Å². The van der Waals surface area contributed by atoms with Crippen LogP contribution < -0.4 is 5.30 Å². The van der Waals surface area contributed by atoms with E-state index in [0.29, 0.717) is 0 Å². The molecule has 1 atom stereocenters. The van der Waals surface area contributed by atoms with Gasteiger partial charge >= 0.3 is 0 Å². The molecule has 0 saturated heterocycles. The zero-order valence-corrected chi connectivity index (χ0v) is 9.42. The number of hydrogen-bond acceptors (Lipinski definition) is 0. The molecule has 0 aliphatic rings. The molecular formula is C11H12ClP. The van der Waals surface area contributed by atoms with Gasteiger partial charge < -0.3 is 0 Å². The Kier molecular flexibility index (Phi) is 3.30. The van der Waals surface area contributed by atoms with Crippen molar-refractivity contribution in [1.29, 1.82) is 0 Å². The summed E-state index contributed by atoms with van der Waals surface area (Å²) in [6.07, 6.45) is 0. The van der Waals surface area contributed by atoms with Crippen LogP contribution in [-0.4, -0.2) is 0 Å². The second-order valence-corrected chi connectivity index (χ2v) is 3.69. The van der Waals surface area contributed by atoms with Crippen LogP contribution >= 0.6 is 21.6 Å². The highest BCUT2D eigenvalue weighted by Crippen LogP contribution is 2.14. The largest absolute Gasteiger partial charge is 0.147 e. The Morgan fingerprint density at radius 3 is 2.62 bits per heavy atom. The Morgan fingerprint density at radius 2 is 1.85 bits per heavy atom. The molecule has 1 unspecified atom stereocenters. The van der Waals surface area contributed by atoms with Gasteiger partial charge in [0.15, 0.2) is 0 Å². The van der Waals surface area contributed by atoms with E-state index < -0.39 is 0 Å². The van der Waals surface area contributed by atoms with Crippen molar-refractivity contribution in [3.63, 3.8) is 0 Å². The molecule has 0 amide bonds. The molecule has 13 heavy (non-hydrogen) atoms. The minimum Gasteiger partial charge on any atom is -0.147 e. The molecule has 0 heterocycles. The lowest BCUT2D eigenvalue weighted by Gasteiger charge is -2.01. The molecule has 0 aliphatic carbocycles. The number of benzene rings is 2. The highest BCUT2D eigenvalue weighted by Gasteiger charge is 1.95. The normalized spacial score (nSPS) is 9.69. The first kappa shape index (κ1) is 10.5. The summed E-state index contributed by atoms with van der Waals surface area (Å²) in [6.45, 7) is 2.12. The fourth-order valence-corrected chi connectivity index (χ4v) is 1.77. The van der Waals surface area contributed by atoms with Crippen molar-refractivity contribution in [2.24, 2.45) is 0 Å². The molecule has 0 fully saturated rings. The molecule has 0 bridgehead atoms. The molecule has 68 valence electrons. The van der Waals surface area contributed by atoms with Crippen LogP contribution in [0.25, 0.3) is 10.8 Å². The van der Waals surface area contributed by atoms with Gasteiger partial charge in [-0.2, -0.15) is 0 Å². The van der Waals surface area contributed by atoms with E-state index in [4.69, 9.17) is 0 Å². The summed E-state index contributed by atoms with van der Waals surface area (Å²) in [4.78, 5) is 0. The monoisotopic (exact) mass is 210 g/mol. The maximum Gasteiger partial charge on any atom is -0.0110 e. The van der Waals surface area contributed by atoms with E-state index in [9.17, 15) is 0 Å². The SMILES string of the molecule is Cc1ccc2cccc(P)c2c1.Cl. The smallest absolute Gasteiger partial charge is 0.0110 e. The van der Waals surface area contributed by atoms with Crippen LogP contribution in [0.1, 0.15) is 5.56 Å². The molecule has 2 aromatic carbocycles. The fraction of sp³-hybridized carbons (Fsp3) is 0.0909. The Labute approximate surface area is 87.0 Å². The lowest BCUT2D eigenvalue weighted by molar-refractivity contribution is 1.51. The van der Waals surface area contributed by atoms with Gasteiger partial charge in [-0.3, -0.25) is 0 Å². The van der Waals surface area contributed by atoms with Crippen molar-refractivity contribution in [1.82, 2.24) is 0 Å². The van der Waals surface area contributed by atoms with Crippen LogP contribution in [0.2, 0.25) is 0 Å². The van der Waals surface area contributed by atoms with Crippen molar-refractivity contribution in [3.8, 4) is 0 Å². The fourth-order valence-electron chi connectivity index (χ4n) is 1.41. The summed E-state index contributed by atoms with van der Waals surface area (Å²) in [5, 5.41) is 3.92. The van der Waals surface area contributed by atoms with Crippen LogP contribution in [0.5, 0.6) is 0 Å². The first-order chi connectivity index (χ1) is 5.77. The summed E-state index contributed by atoms with van der Waals surface area (Å²) in [6, 6.07) is 12.9. The van der Waals surface area contributed by atoms with Gasteiger partial charge in [0.25, 0.3) is 0 Å². The zero-order valence-electron chi connectivity index (χ0n) is 7.45. The predicted molar refractivity (Wildman–Crippen MR) is 65.3 cm³/mol. The average Bonchev–Trinajstić information content (AvgIpc) is 2.07. The molecule has 0 nitrogen and oxygen atoms in total. The Balaban J connectivity index is 0.000000845. The van der Waals surface area contributed by atoms with Gasteiger partial charge in [0, 0.05) is 0 Å². The zero-order chi connectivity index (χ0) is 8.55. The molecule has 2 aromatic rings. The first-order valence-corrected chi connectivity index (χ1v) is 4.60. The Bertz CT molecular complexity index is 423. The van der Waals surface area contributed by atoms with Gasteiger partial charge in [0.2, 0.25) is 0 Å². The van der Waals surface area contributed by atoms with Crippen molar-refractivity contribution < 1.29 is 0 Å². The van der Waals surface area contributed by atoms with Gasteiger partial charge in [0.05, 0.1) is 0 Å². The molecule has 0 aromatic heterocycles. The standard InChI is InChI=1S/C11H11P.ClH/c1-8-5-6-9-3-2-4-11(12)10(9)7-8;/h2-7H,12H2,1H3;1H. The van der Waals surface area contributed by atoms with Crippen molar-refractivity contribution >= 4 is 37.7 Å². The number of fused-ring (bicyclic) bond motifs is 1. The number of halogens is 1. The summed E-state index contributed by atoms with van der Waals surface area (Å²) in [5.41, 5.74) is 1.32. The quantitative estimate of drug-likeness (QED) is 0.587. The lowest BCUT2D eigenvalue weighted by atomic mass is 10.1. The molecule has 0 saturated carbocycles. The van der Waals surface area contributed by atoms with Crippen molar-refractivity contribution in [2.45, 2.75) is 6.92 Å². The van der Waals surface area contributed by atoms with Crippen LogP contribution in [0, 0.1) is 6.92 Å². The Hall–Kier alpha value is -0.580. The molecular weight excluding hydrogens is 199 g/mol. The van der Waals surface area contributed by atoms with Crippen LogP contribution in [0.3, 0.4) is 0 Å². The van der Waals surface area contributed by atoms with Crippen molar-refractivity contribution in [3.05, 3.63) is 42.0 Å².